The molecule has 23 heavy (non-hydrogen) atoms. The molecule has 4 nitrogen and oxygen atoms in total. The summed E-state index contributed by atoms with van der Waals surface area (Å²) in [5, 5.41) is 2.82. The molecule has 5 heteroatoms. The Morgan fingerprint density at radius 3 is 2.09 bits per heavy atom. The molecule has 2 amide bonds. The topological polar surface area (TPSA) is 49.4 Å². The van der Waals surface area contributed by atoms with Crippen molar-refractivity contribution in [2.24, 2.45) is 11.8 Å². The summed E-state index contributed by atoms with van der Waals surface area (Å²) in [6.07, 6.45) is 0. The number of hydrogen-bond donors (Lipinski definition) is 1. The van der Waals surface area contributed by atoms with Crippen molar-refractivity contribution < 1.29 is 9.59 Å². The molecule has 0 unspecified atom stereocenters. The lowest BCUT2D eigenvalue weighted by Gasteiger charge is -2.26. The van der Waals surface area contributed by atoms with Crippen LogP contribution < -0.4 is 5.32 Å². The molecule has 0 bridgehead atoms. The Morgan fingerprint density at radius 2 is 1.57 bits per heavy atom. The van der Waals surface area contributed by atoms with Gasteiger partial charge in [0.05, 0.1) is 11.5 Å². The monoisotopic (exact) mass is 336 g/mol. The van der Waals surface area contributed by atoms with Crippen LogP contribution in [-0.2, 0) is 9.59 Å². The molecule has 0 aliphatic carbocycles. The Labute approximate surface area is 144 Å². The Hall–Kier alpha value is -1.49. The van der Waals surface area contributed by atoms with Crippen LogP contribution in [0.4, 0.5) is 5.69 Å². The van der Waals surface area contributed by atoms with Gasteiger partial charge in [-0.25, -0.2) is 0 Å². The van der Waals surface area contributed by atoms with Gasteiger partial charge in [-0.2, -0.15) is 0 Å². The van der Waals surface area contributed by atoms with Gasteiger partial charge in [-0.15, -0.1) is 11.8 Å². The van der Waals surface area contributed by atoms with Crippen LogP contribution in [0.15, 0.2) is 30.3 Å². The molecule has 0 atom stereocenters. The highest BCUT2D eigenvalue weighted by atomic mass is 32.2. The summed E-state index contributed by atoms with van der Waals surface area (Å²) in [5.41, 5.74) is 0.783. The summed E-state index contributed by atoms with van der Waals surface area (Å²) in [6, 6.07) is 9.35. The van der Waals surface area contributed by atoms with Gasteiger partial charge >= 0.3 is 0 Å². The predicted molar refractivity (Wildman–Crippen MR) is 98.7 cm³/mol. The highest BCUT2D eigenvalue weighted by Gasteiger charge is 2.16. The number of para-hydroxylation sites is 1. The van der Waals surface area contributed by atoms with Crippen LogP contribution in [0.25, 0.3) is 0 Å². The first kappa shape index (κ1) is 19.6. The lowest BCUT2D eigenvalue weighted by Crippen LogP contribution is -2.38. The zero-order chi connectivity index (χ0) is 17.2. The maximum absolute atomic E-state index is 12.3. The van der Waals surface area contributed by atoms with E-state index in [9.17, 15) is 9.59 Å². The summed E-state index contributed by atoms with van der Waals surface area (Å²) < 4.78 is 0. The Kier molecular flexibility index (Phi) is 8.77. The number of carbonyl (C=O) groups is 2. The number of thioether (sulfide) groups is 1. The van der Waals surface area contributed by atoms with Crippen molar-refractivity contribution in [1.82, 2.24) is 4.90 Å². The number of rotatable bonds is 9. The summed E-state index contributed by atoms with van der Waals surface area (Å²) in [6.45, 7) is 9.99. The van der Waals surface area contributed by atoms with Crippen LogP contribution in [0, 0.1) is 11.8 Å². The van der Waals surface area contributed by atoms with Crippen LogP contribution >= 0.6 is 11.8 Å². The van der Waals surface area contributed by atoms with E-state index in [1.807, 2.05) is 35.2 Å². The van der Waals surface area contributed by atoms with Gasteiger partial charge in [0.1, 0.15) is 0 Å². The Morgan fingerprint density at radius 1 is 1.00 bits per heavy atom. The molecule has 0 radical (unpaired) electrons. The molecule has 128 valence electrons. The fourth-order valence-electron chi connectivity index (χ4n) is 2.20. The standard InChI is InChI=1S/C18H28N2O2S/c1-14(2)10-20(11-15(3)4)18(22)13-23-12-17(21)19-16-8-6-5-7-9-16/h5-9,14-15H,10-13H2,1-4H3,(H,19,21). The van der Waals surface area contributed by atoms with Crippen LogP contribution in [-0.4, -0.2) is 41.3 Å². The molecule has 0 aliphatic heterocycles. The van der Waals surface area contributed by atoms with Crippen molar-refractivity contribution in [3.63, 3.8) is 0 Å². The molecule has 0 saturated carbocycles. The molecular formula is C18H28N2O2S. The number of nitrogens with one attached hydrogen (secondary N) is 1. The molecule has 1 aromatic rings. The average molecular weight is 337 g/mol. The van der Waals surface area contributed by atoms with E-state index in [1.165, 1.54) is 11.8 Å². The zero-order valence-electron chi connectivity index (χ0n) is 14.5. The molecule has 0 saturated heterocycles. The highest BCUT2D eigenvalue weighted by molar-refractivity contribution is 8.00. The van der Waals surface area contributed by atoms with Gasteiger partial charge in [0.15, 0.2) is 0 Å². The largest absolute Gasteiger partial charge is 0.341 e. The van der Waals surface area contributed by atoms with E-state index in [4.69, 9.17) is 0 Å². The van der Waals surface area contributed by atoms with E-state index in [2.05, 4.69) is 33.0 Å². The van der Waals surface area contributed by atoms with Crippen molar-refractivity contribution in [2.45, 2.75) is 27.7 Å². The van der Waals surface area contributed by atoms with Crippen molar-refractivity contribution >= 4 is 29.3 Å². The number of nitrogens with zero attached hydrogens (tertiary/aromatic N) is 1. The second kappa shape index (κ2) is 10.3. The summed E-state index contributed by atoms with van der Waals surface area (Å²) in [7, 11) is 0. The van der Waals surface area contributed by atoms with E-state index in [-0.39, 0.29) is 17.6 Å². The molecule has 1 rings (SSSR count). The van der Waals surface area contributed by atoms with Crippen molar-refractivity contribution in [3.05, 3.63) is 30.3 Å². The van der Waals surface area contributed by atoms with Gasteiger partial charge in [0, 0.05) is 18.8 Å². The van der Waals surface area contributed by atoms with Gasteiger partial charge in [-0.05, 0) is 24.0 Å². The molecule has 0 aromatic heterocycles. The fraction of sp³-hybridized carbons (Fsp3) is 0.556. The van der Waals surface area contributed by atoms with Crippen LogP contribution in [0.2, 0.25) is 0 Å². The third-order valence-electron chi connectivity index (χ3n) is 3.04. The van der Waals surface area contributed by atoms with Crippen molar-refractivity contribution in [2.75, 3.05) is 29.9 Å². The van der Waals surface area contributed by atoms with E-state index in [0.717, 1.165) is 18.8 Å². The Bertz CT molecular complexity index is 479. The van der Waals surface area contributed by atoms with Crippen LogP contribution in [0.1, 0.15) is 27.7 Å². The molecule has 0 heterocycles. The predicted octanol–water partition coefficient (Wildman–Crippen LogP) is 3.50. The van der Waals surface area contributed by atoms with Crippen molar-refractivity contribution in [1.29, 1.82) is 0 Å². The zero-order valence-corrected chi connectivity index (χ0v) is 15.4. The van der Waals surface area contributed by atoms with Gasteiger partial charge < -0.3 is 10.2 Å². The first-order valence-corrected chi connectivity index (χ1v) is 9.24. The van der Waals surface area contributed by atoms with E-state index >= 15 is 0 Å². The second-order valence-electron chi connectivity index (χ2n) is 6.49. The number of anilines is 1. The summed E-state index contributed by atoms with van der Waals surface area (Å²) >= 11 is 1.37. The van der Waals surface area contributed by atoms with E-state index < -0.39 is 0 Å². The first-order valence-electron chi connectivity index (χ1n) is 8.09. The van der Waals surface area contributed by atoms with E-state index in [0.29, 0.717) is 17.6 Å². The molecule has 1 N–H and O–H groups in total. The second-order valence-corrected chi connectivity index (χ2v) is 7.48. The third kappa shape index (κ3) is 8.65. The molecule has 0 spiro atoms. The minimum absolute atomic E-state index is 0.0757. The van der Waals surface area contributed by atoms with Crippen LogP contribution in [0.3, 0.4) is 0 Å². The Balaban J connectivity index is 2.37. The third-order valence-corrected chi connectivity index (χ3v) is 3.96. The van der Waals surface area contributed by atoms with Crippen LogP contribution in [0.5, 0.6) is 0 Å². The SMILES string of the molecule is CC(C)CN(CC(C)C)C(=O)CSCC(=O)Nc1ccccc1. The number of hydrogen-bond acceptors (Lipinski definition) is 3. The molecule has 0 aliphatic rings. The van der Waals surface area contributed by atoms with Gasteiger partial charge in [0.25, 0.3) is 0 Å². The summed E-state index contributed by atoms with van der Waals surface area (Å²) in [4.78, 5) is 26.1. The van der Waals surface area contributed by atoms with E-state index in [1.54, 1.807) is 0 Å². The molecule has 1 aromatic carbocycles. The number of benzene rings is 1. The average Bonchev–Trinajstić information content (AvgIpc) is 2.46. The number of amides is 2. The minimum Gasteiger partial charge on any atom is -0.341 e. The lowest BCUT2D eigenvalue weighted by molar-refractivity contribution is -0.129. The normalized spacial score (nSPS) is 10.9. The molecule has 0 fully saturated rings. The first-order chi connectivity index (χ1) is 10.9. The van der Waals surface area contributed by atoms with Gasteiger partial charge in [0.2, 0.25) is 11.8 Å². The van der Waals surface area contributed by atoms with Crippen molar-refractivity contribution in [3.8, 4) is 0 Å². The van der Waals surface area contributed by atoms with Gasteiger partial charge in [-0.3, -0.25) is 9.59 Å². The maximum atomic E-state index is 12.3. The van der Waals surface area contributed by atoms with Gasteiger partial charge in [-0.1, -0.05) is 45.9 Å². The number of carbonyl (C=O) groups excluding carboxylic acids is 2. The lowest BCUT2D eigenvalue weighted by atomic mass is 10.1. The molecular weight excluding hydrogens is 308 g/mol. The fourth-order valence-corrected chi connectivity index (χ4v) is 2.92. The highest BCUT2D eigenvalue weighted by Crippen LogP contribution is 2.10. The summed E-state index contributed by atoms with van der Waals surface area (Å²) in [5.74, 6) is 1.57. The smallest absolute Gasteiger partial charge is 0.234 e. The minimum atomic E-state index is -0.0757. The quantitative estimate of drug-likeness (QED) is 0.751. The maximum Gasteiger partial charge on any atom is 0.234 e.